The third kappa shape index (κ3) is 2.19. The molecule has 1 aliphatic rings. The lowest BCUT2D eigenvalue weighted by molar-refractivity contribution is -0.136. The molecule has 1 N–H and O–H groups in total. The Morgan fingerprint density at radius 3 is 3.08 bits per heavy atom. The molecule has 4 nitrogen and oxygen atoms in total. The Kier molecular flexibility index (Phi) is 3.49. The van der Waals surface area contributed by atoms with Crippen molar-refractivity contribution in [1.82, 2.24) is 4.90 Å². The van der Waals surface area contributed by atoms with Crippen LogP contribution in [-0.2, 0) is 9.53 Å². The van der Waals surface area contributed by atoms with Gasteiger partial charge in [0, 0.05) is 19.2 Å². The van der Waals surface area contributed by atoms with E-state index < -0.39 is 6.61 Å². The summed E-state index contributed by atoms with van der Waals surface area (Å²) >= 11 is 0. The van der Waals surface area contributed by atoms with Gasteiger partial charge in [-0.2, -0.15) is 0 Å². The number of rotatable bonds is 1. The van der Waals surface area contributed by atoms with Crippen molar-refractivity contribution < 1.29 is 14.6 Å². The first-order valence-corrected chi connectivity index (χ1v) is 4.23. The molecule has 1 unspecified atom stereocenters. The summed E-state index contributed by atoms with van der Waals surface area (Å²) in [6.45, 7) is 3.46. The fourth-order valence-corrected chi connectivity index (χ4v) is 1.36. The highest BCUT2D eigenvalue weighted by Crippen LogP contribution is 2.08. The highest BCUT2D eigenvalue weighted by molar-refractivity contribution is 5.77. The van der Waals surface area contributed by atoms with Crippen molar-refractivity contribution >= 4 is 5.91 Å². The minimum atomic E-state index is -0.398. The number of carbonyl (C=O) groups is 1. The molecular formula is C8H15NO3. The highest BCUT2D eigenvalue weighted by Gasteiger charge is 2.20. The van der Waals surface area contributed by atoms with Crippen LogP contribution in [0, 0.1) is 0 Å². The van der Waals surface area contributed by atoms with E-state index in [1.807, 2.05) is 6.92 Å². The normalized spacial score (nSPS) is 25.2. The minimum Gasteiger partial charge on any atom is -0.387 e. The molecule has 1 heterocycles. The molecular weight excluding hydrogens is 158 g/mol. The molecule has 4 heteroatoms. The van der Waals surface area contributed by atoms with Gasteiger partial charge in [-0.3, -0.25) is 4.79 Å². The third-order valence-corrected chi connectivity index (χ3v) is 2.14. The van der Waals surface area contributed by atoms with E-state index in [2.05, 4.69) is 0 Å². The van der Waals surface area contributed by atoms with E-state index in [-0.39, 0.29) is 11.9 Å². The van der Waals surface area contributed by atoms with E-state index in [0.29, 0.717) is 19.8 Å². The van der Waals surface area contributed by atoms with E-state index in [1.165, 1.54) is 0 Å². The maximum Gasteiger partial charge on any atom is 0.248 e. The van der Waals surface area contributed by atoms with Crippen molar-refractivity contribution in [3.8, 4) is 0 Å². The monoisotopic (exact) mass is 173 g/mol. The number of carbonyl (C=O) groups excluding carboxylic acids is 1. The molecule has 1 atom stereocenters. The van der Waals surface area contributed by atoms with E-state index in [9.17, 15) is 4.79 Å². The number of aliphatic hydroxyl groups is 1. The van der Waals surface area contributed by atoms with Crippen LogP contribution in [-0.4, -0.2) is 48.3 Å². The molecule has 0 aromatic rings. The third-order valence-electron chi connectivity index (χ3n) is 2.14. The van der Waals surface area contributed by atoms with Gasteiger partial charge in [0.15, 0.2) is 0 Å². The maximum atomic E-state index is 11.2. The molecule has 0 aliphatic carbocycles. The second kappa shape index (κ2) is 4.42. The average molecular weight is 173 g/mol. The van der Waals surface area contributed by atoms with E-state index in [4.69, 9.17) is 9.84 Å². The van der Waals surface area contributed by atoms with Gasteiger partial charge in [0.1, 0.15) is 6.61 Å². The second-order valence-corrected chi connectivity index (χ2v) is 3.00. The lowest BCUT2D eigenvalue weighted by atomic mass is 10.2. The standard InChI is InChI=1S/C8H15NO3/c1-7-2-4-12-5-3-9(7)8(11)6-10/h7,10H,2-6H2,1H3. The fourth-order valence-electron chi connectivity index (χ4n) is 1.36. The smallest absolute Gasteiger partial charge is 0.248 e. The molecule has 70 valence electrons. The summed E-state index contributed by atoms with van der Waals surface area (Å²) in [6, 6.07) is 0.187. The van der Waals surface area contributed by atoms with E-state index in [0.717, 1.165) is 6.42 Å². The van der Waals surface area contributed by atoms with Crippen LogP contribution < -0.4 is 0 Å². The molecule has 1 aliphatic heterocycles. The zero-order chi connectivity index (χ0) is 8.97. The van der Waals surface area contributed by atoms with Crippen molar-refractivity contribution in [2.45, 2.75) is 19.4 Å². The SMILES string of the molecule is CC1CCOCCN1C(=O)CO. The van der Waals surface area contributed by atoms with Gasteiger partial charge in [-0.05, 0) is 13.3 Å². The molecule has 0 aromatic carbocycles. The van der Waals surface area contributed by atoms with E-state index in [1.54, 1.807) is 4.90 Å². The van der Waals surface area contributed by atoms with Gasteiger partial charge in [0.2, 0.25) is 5.91 Å². The lowest BCUT2D eigenvalue weighted by Gasteiger charge is -2.25. The number of amides is 1. The van der Waals surface area contributed by atoms with Crippen LogP contribution in [0.3, 0.4) is 0 Å². The van der Waals surface area contributed by atoms with Gasteiger partial charge in [0.25, 0.3) is 0 Å². The van der Waals surface area contributed by atoms with Gasteiger partial charge >= 0.3 is 0 Å². The van der Waals surface area contributed by atoms with Gasteiger partial charge in [-0.25, -0.2) is 0 Å². The summed E-state index contributed by atoms with van der Waals surface area (Å²) in [4.78, 5) is 12.8. The fraction of sp³-hybridized carbons (Fsp3) is 0.875. The summed E-state index contributed by atoms with van der Waals surface area (Å²) in [5.74, 6) is -0.201. The quantitative estimate of drug-likeness (QED) is 0.588. The Morgan fingerprint density at radius 2 is 2.42 bits per heavy atom. The molecule has 0 radical (unpaired) electrons. The molecule has 1 saturated heterocycles. The van der Waals surface area contributed by atoms with Crippen LogP contribution >= 0.6 is 0 Å². The zero-order valence-electron chi connectivity index (χ0n) is 7.32. The number of hydrogen-bond donors (Lipinski definition) is 1. The van der Waals surface area contributed by atoms with Crippen LogP contribution in [0.1, 0.15) is 13.3 Å². The van der Waals surface area contributed by atoms with Crippen molar-refractivity contribution in [3.63, 3.8) is 0 Å². The van der Waals surface area contributed by atoms with Crippen molar-refractivity contribution in [2.24, 2.45) is 0 Å². The summed E-state index contributed by atoms with van der Waals surface area (Å²) in [7, 11) is 0. The molecule has 0 aromatic heterocycles. The Labute approximate surface area is 72.1 Å². The number of aliphatic hydroxyl groups excluding tert-OH is 1. The van der Waals surface area contributed by atoms with Crippen LogP contribution in [0.15, 0.2) is 0 Å². The Morgan fingerprint density at radius 1 is 1.67 bits per heavy atom. The summed E-state index contributed by atoms with van der Waals surface area (Å²) in [6.07, 6.45) is 0.853. The first-order chi connectivity index (χ1) is 5.75. The van der Waals surface area contributed by atoms with Crippen molar-refractivity contribution in [2.75, 3.05) is 26.4 Å². The predicted octanol–water partition coefficient (Wildman–Crippen LogP) is -0.384. The van der Waals surface area contributed by atoms with Gasteiger partial charge < -0.3 is 14.7 Å². The molecule has 0 spiro atoms. The Bertz CT molecular complexity index is 160. The maximum absolute atomic E-state index is 11.2. The molecule has 1 amide bonds. The number of ether oxygens (including phenoxy) is 1. The second-order valence-electron chi connectivity index (χ2n) is 3.00. The van der Waals surface area contributed by atoms with Gasteiger partial charge in [0.05, 0.1) is 6.61 Å². The average Bonchev–Trinajstić information content (AvgIpc) is 2.28. The summed E-state index contributed by atoms with van der Waals surface area (Å²) in [5.41, 5.74) is 0. The first kappa shape index (κ1) is 9.48. The van der Waals surface area contributed by atoms with E-state index >= 15 is 0 Å². The molecule has 12 heavy (non-hydrogen) atoms. The first-order valence-electron chi connectivity index (χ1n) is 4.23. The number of hydrogen-bond acceptors (Lipinski definition) is 3. The van der Waals surface area contributed by atoms with Crippen LogP contribution in [0.4, 0.5) is 0 Å². The van der Waals surface area contributed by atoms with Crippen LogP contribution in [0.25, 0.3) is 0 Å². The highest BCUT2D eigenvalue weighted by atomic mass is 16.5. The minimum absolute atomic E-state index is 0.187. The zero-order valence-corrected chi connectivity index (χ0v) is 7.32. The number of nitrogens with zero attached hydrogens (tertiary/aromatic N) is 1. The van der Waals surface area contributed by atoms with Crippen molar-refractivity contribution in [1.29, 1.82) is 0 Å². The predicted molar refractivity (Wildman–Crippen MR) is 43.7 cm³/mol. The van der Waals surface area contributed by atoms with Crippen LogP contribution in [0.5, 0.6) is 0 Å². The Hall–Kier alpha value is -0.610. The van der Waals surface area contributed by atoms with Gasteiger partial charge in [-0.1, -0.05) is 0 Å². The largest absolute Gasteiger partial charge is 0.387 e. The summed E-state index contributed by atoms with van der Waals surface area (Å²) < 4.78 is 5.21. The molecule has 0 bridgehead atoms. The topological polar surface area (TPSA) is 49.8 Å². The van der Waals surface area contributed by atoms with Gasteiger partial charge in [-0.15, -0.1) is 0 Å². The van der Waals surface area contributed by atoms with Crippen LogP contribution in [0.2, 0.25) is 0 Å². The molecule has 1 fully saturated rings. The van der Waals surface area contributed by atoms with Crippen molar-refractivity contribution in [3.05, 3.63) is 0 Å². The summed E-state index contributed by atoms with van der Waals surface area (Å²) in [5, 5.41) is 8.66. The molecule has 0 saturated carbocycles. The Balaban J connectivity index is 2.52. The lowest BCUT2D eigenvalue weighted by Crippen LogP contribution is -2.40. The molecule has 1 rings (SSSR count).